The normalized spacial score (nSPS) is 15.1. The Morgan fingerprint density at radius 3 is 2.05 bits per heavy atom. The molecule has 0 spiro atoms. The van der Waals surface area contributed by atoms with Crippen LogP contribution < -0.4 is 21.7 Å². The van der Waals surface area contributed by atoms with E-state index in [-0.39, 0.29) is 12.8 Å². The van der Waals surface area contributed by atoms with Gasteiger partial charge in [-0.05, 0) is 36.5 Å². The topological polar surface area (TPSA) is 187 Å². The number of rotatable bonds is 13. The first-order valence-corrected chi connectivity index (χ1v) is 13.1. The van der Waals surface area contributed by atoms with E-state index in [9.17, 15) is 29.4 Å². The Labute approximate surface area is 232 Å². The molecule has 1 aromatic heterocycles. The SMILES string of the molecule is CC(C)C(NC(=O)C(NC(=O)C(N)Cc1ccccc1)C(C)O)C(=O)NC(Cc1c[nH]c2ccccc12)C(=O)O. The molecule has 1 heterocycles. The minimum atomic E-state index is -1.38. The number of carbonyl (C=O) groups excluding carboxylic acids is 3. The number of para-hydroxylation sites is 1. The van der Waals surface area contributed by atoms with Gasteiger partial charge in [-0.25, -0.2) is 4.79 Å². The van der Waals surface area contributed by atoms with Crippen LogP contribution in [0.3, 0.4) is 0 Å². The van der Waals surface area contributed by atoms with Gasteiger partial charge in [0.25, 0.3) is 0 Å². The second-order valence-electron chi connectivity index (χ2n) is 10.2. The number of fused-ring (bicyclic) bond motifs is 1. The van der Waals surface area contributed by atoms with Gasteiger partial charge in [0.2, 0.25) is 17.7 Å². The highest BCUT2D eigenvalue weighted by atomic mass is 16.4. The second kappa shape index (κ2) is 13.7. The summed E-state index contributed by atoms with van der Waals surface area (Å²) in [4.78, 5) is 54.1. The monoisotopic (exact) mass is 551 g/mol. The number of hydrogen-bond donors (Lipinski definition) is 7. The first-order valence-electron chi connectivity index (χ1n) is 13.1. The van der Waals surface area contributed by atoms with Crippen LogP contribution in [0.25, 0.3) is 10.9 Å². The van der Waals surface area contributed by atoms with Crippen molar-refractivity contribution in [2.45, 2.75) is 63.9 Å². The fourth-order valence-electron chi connectivity index (χ4n) is 4.39. The number of carboxylic acid groups (broad SMARTS) is 1. The fraction of sp³-hybridized carbons (Fsp3) is 0.379. The Morgan fingerprint density at radius 1 is 0.825 bits per heavy atom. The Kier molecular flexibility index (Phi) is 10.4. The van der Waals surface area contributed by atoms with Crippen molar-refractivity contribution < 1.29 is 29.4 Å². The van der Waals surface area contributed by atoms with Crippen molar-refractivity contribution >= 4 is 34.6 Å². The fourth-order valence-corrected chi connectivity index (χ4v) is 4.39. The number of carbonyl (C=O) groups is 4. The Hall–Kier alpha value is -4.22. The molecule has 0 aliphatic rings. The highest BCUT2D eigenvalue weighted by Crippen LogP contribution is 2.19. The van der Waals surface area contributed by atoms with Crippen molar-refractivity contribution in [2.75, 3.05) is 0 Å². The third-order valence-corrected chi connectivity index (χ3v) is 6.66. The molecule has 0 saturated heterocycles. The van der Waals surface area contributed by atoms with Crippen molar-refractivity contribution in [3.8, 4) is 0 Å². The highest BCUT2D eigenvalue weighted by Gasteiger charge is 2.34. The molecule has 0 saturated carbocycles. The third kappa shape index (κ3) is 7.90. The van der Waals surface area contributed by atoms with Crippen LogP contribution in [0.1, 0.15) is 31.9 Å². The van der Waals surface area contributed by atoms with Gasteiger partial charge in [0.1, 0.15) is 18.1 Å². The summed E-state index contributed by atoms with van der Waals surface area (Å²) in [5.41, 5.74) is 8.42. The first kappa shape index (κ1) is 30.3. The van der Waals surface area contributed by atoms with Crippen molar-refractivity contribution in [3.05, 3.63) is 71.9 Å². The number of H-pyrrole nitrogens is 1. The van der Waals surface area contributed by atoms with Gasteiger partial charge in [-0.2, -0.15) is 0 Å². The van der Waals surface area contributed by atoms with Crippen LogP contribution in [-0.4, -0.2) is 69.2 Å². The van der Waals surface area contributed by atoms with E-state index >= 15 is 0 Å². The molecule has 8 N–H and O–H groups in total. The lowest BCUT2D eigenvalue weighted by Gasteiger charge is -2.28. The van der Waals surface area contributed by atoms with Gasteiger partial charge in [0, 0.05) is 23.5 Å². The third-order valence-electron chi connectivity index (χ3n) is 6.66. The van der Waals surface area contributed by atoms with Gasteiger partial charge in [-0.1, -0.05) is 62.4 Å². The van der Waals surface area contributed by atoms with E-state index in [2.05, 4.69) is 20.9 Å². The minimum absolute atomic E-state index is 0.0233. The van der Waals surface area contributed by atoms with Crippen LogP contribution in [0.15, 0.2) is 60.8 Å². The number of aliphatic hydroxyl groups is 1. The number of benzene rings is 2. The van der Waals surface area contributed by atoms with Crippen molar-refractivity contribution in [1.82, 2.24) is 20.9 Å². The number of amides is 3. The number of aliphatic carboxylic acids is 1. The van der Waals surface area contributed by atoms with Gasteiger partial charge < -0.3 is 36.9 Å². The molecular formula is C29H37N5O6. The standard InChI is InChI=1S/C29H37N5O6/c1-16(2)24(27(37)32-23(29(39)40)14-19-15-31-22-12-8-7-11-20(19)22)33-28(38)25(17(3)35)34-26(36)21(30)13-18-9-5-4-6-10-18/h4-12,15-17,21,23-25,31,35H,13-14,30H2,1-3H3,(H,32,37)(H,33,38)(H,34,36)(H,39,40). The summed E-state index contributed by atoms with van der Waals surface area (Å²) < 4.78 is 0. The summed E-state index contributed by atoms with van der Waals surface area (Å²) in [5, 5.41) is 28.5. The molecule has 0 aliphatic carbocycles. The number of aliphatic hydroxyl groups excluding tert-OH is 1. The molecular weight excluding hydrogens is 514 g/mol. The number of hydrogen-bond acceptors (Lipinski definition) is 6. The molecule has 2 aromatic carbocycles. The molecule has 3 rings (SSSR count). The van der Waals surface area contributed by atoms with E-state index in [0.717, 1.165) is 22.0 Å². The first-order chi connectivity index (χ1) is 19.0. The molecule has 214 valence electrons. The number of nitrogens with one attached hydrogen (secondary N) is 4. The van der Waals surface area contributed by atoms with E-state index in [1.165, 1.54) is 6.92 Å². The zero-order chi connectivity index (χ0) is 29.4. The summed E-state index contributed by atoms with van der Waals surface area (Å²) in [6.07, 6.45) is 0.658. The summed E-state index contributed by atoms with van der Waals surface area (Å²) in [6, 6.07) is 11.8. The van der Waals surface area contributed by atoms with Gasteiger partial charge in [0.15, 0.2) is 0 Å². The van der Waals surface area contributed by atoms with Crippen molar-refractivity contribution in [2.24, 2.45) is 11.7 Å². The molecule has 0 fully saturated rings. The van der Waals surface area contributed by atoms with Crippen LogP contribution in [0.4, 0.5) is 0 Å². The lowest BCUT2D eigenvalue weighted by Crippen LogP contribution is -2.61. The minimum Gasteiger partial charge on any atom is -0.480 e. The summed E-state index contributed by atoms with van der Waals surface area (Å²) in [6.45, 7) is 4.71. The van der Waals surface area contributed by atoms with Crippen LogP contribution in [-0.2, 0) is 32.0 Å². The maximum absolute atomic E-state index is 13.2. The molecule has 11 heteroatoms. The van der Waals surface area contributed by atoms with Gasteiger partial charge in [-0.15, -0.1) is 0 Å². The molecule has 3 aromatic rings. The van der Waals surface area contributed by atoms with Gasteiger partial charge >= 0.3 is 5.97 Å². The highest BCUT2D eigenvalue weighted by molar-refractivity contribution is 5.94. The van der Waals surface area contributed by atoms with Crippen LogP contribution >= 0.6 is 0 Å². The largest absolute Gasteiger partial charge is 0.480 e. The number of aromatic amines is 1. The summed E-state index contributed by atoms with van der Waals surface area (Å²) >= 11 is 0. The van der Waals surface area contributed by atoms with E-state index in [0.29, 0.717) is 0 Å². The lowest BCUT2D eigenvalue weighted by molar-refractivity contribution is -0.142. The number of nitrogens with two attached hydrogens (primary N) is 1. The zero-order valence-electron chi connectivity index (χ0n) is 22.8. The van der Waals surface area contributed by atoms with Gasteiger partial charge in [-0.3, -0.25) is 14.4 Å². The molecule has 40 heavy (non-hydrogen) atoms. The molecule has 5 unspecified atom stereocenters. The molecule has 0 radical (unpaired) electrons. The van der Waals surface area contributed by atoms with Crippen LogP contribution in [0.2, 0.25) is 0 Å². The molecule has 11 nitrogen and oxygen atoms in total. The Morgan fingerprint density at radius 2 is 1.43 bits per heavy atom. The van der Waals surface area contributed by atoms with E-state index in [4.69, 9.17) is 5.73 Å². The predicted octanol–water partition coefficient (Wildman–Crippen LogP) is 0.856. The quantitative estimate of drug-likeness (QED) is 0.164. The average molecular weight is 552 g/mol. The smallest absolute Gasteiger partial charge is 0.326 e. The van der Waals surface area contributed by atoms with E-state index in [1.54, 1.807) is 20.0 Å². The molecule has 5 atom stereocenters. The molecule has 3 amide bonds. The predicted molar refractivity (Wildman–Crippen MR) is 150 cm³/mol. The number of carboxylic acids is 1. The lowest BCUT2D eigenvalue weighted by atomic mass is 10.00. The summed E-state index contributed by atoms with van der Waals surface area (Å²) in [5.74, 6) is -3.80. The molecule has 0 bridgehead atoms. The second-order valence-corrected chi connectivity index (χ2v) is 10.2. The number of aromatic nitrogens is 1. The van der Waals surface area contributed by atoms with Crippen molar-refractivity contribution in [1.29, 1.82) is 0 Å². The Bertz CT molecular complexity index is 1320. The van der Waals surface area contributed by atoms with Crippen LogP contribution in [0, 0.1) is 5.92 Å². The maximum atomic E-state index is 13.2. The zero-order valence-corrected chi connectivity index (χ0v) is 22.8. The van der Waals surface area contributed by atoms with Crippen molar-refractivity contribution in [3.63, 3.8) is 0 Å². The van der Waals surface area contributed by atoms with Gasteiger partial charge in [0.05, 0.1) is 12.1 Å². The average Bonchev–Trinajstić information content (AvgIpc) is 3.32. The molecule has 0 aliphatic heterocycles. The van der Waals surface area contributed by atoms with E-state index in [1.807, 2.05) is 54.6 Å². The van der Waals surface area contributed by atoms with E-state index < -0.39 is 59.9 Å². The maximum Gasteiger partial charge on any atom is 0.326 e. The van der Waals surface area contributed by atoms with Crippen LogP contribution in [0.5, 0.6) is 0 Å². The summed E-state index contributed by atoms with van der Waals surface area (Å²) in [7, 11) is 0. The Balaban J connectivity index is 1.67.